The molecule has 7 heteroatoms. The molecule has 0 spiro atoms. The zero-order valence-corrected chi connectivity index (χ0v) is 13.6. The number of nitrogens with zero attached hydrogens (tertiary/aromatic N) is 1. The molecule has 1 unspecified atom stereocenters. The van der Waals surface area contributed by atoms with Gasteiger partial charge in [0.1, 0.15) is 5.75 Å². The molecule has 1 amide bonds. The highest BCUT2D eigenvalue weighted by molar-refractivity contribution is 7.85. The molecular formula is C15H21NO5S. The Hall–Kier alpha value is -1.60. The maximum atomic E-state index is 12.1. The van der Waals surface area contributed by atoms with Crippen LogP contribution >= 0.6 is 0 Å². The lowest BCUT2D eigenvalue weighted by atomic mass is 10.1. The summed E-state index contributed by atoms with van der Waals surface area (Å²) in [7, 11) is -3.47. The average molecular weight is 327 g/mol. The third-order valence-electron chi connectivity index (χ3n) is 3.45. The first-order valence-corrected chi connectivity index (χ1v) is 9.03. The van der Waals surface area contributed by atoms with E-state index in [0.717, 1.165) is 17.6 Å². The van der Waals surface area contributed by atoms with Crippen molar-refractivity contribution in [1.82, 2.24) is 4.90 Å². The number of carbonyl (C=O) groups excluding carboxylic acids is 1. The molecule has 122 valence electrons. The predicted octanol–water partition coefficient (Wildman–Crippen LogP) is 1.41. The van der Waals surface area contributed by atoms with Crippen molar-refractivity contribution in [1.29, 1.82) is 0 Å². The van der Waals surface area contributed by atoms with Crippen LogP contribution in [-0.4, -0.2) is 45.2 Å². The standard InChI is InChI=1S/C15H21NO5S/c1-3-20-14-7-5-4-6-13(14)10-16-9-12(8-15(16)17)11-21-22(2,18)19/h4-7,12H,3,8-11H2,1-2H3. The lowest BCUT2D eigenvalue weighted by Gasteiger charge is -2.18. The summed E-state index contributed by atoms with van der Waals surface area (Å²) in [5.41, 5.74) is 0.947. The second-order valence-electron chi connectivity index (χ2n) is 5.37. The maximum absolute atomic E-state index is 12.1. The van der Waals surface area contributed by atoms with Crippen molar-refractivity contribution in [3.05, 3.63) is 29.8 Å². The summed E-state index contributed by atoms with van der Waals surface area (Å²) >= 11 is 0. The summed E-state index contributed by atoms with van der Waals surface area (Å²) in [5.74, 6) is 0.684. The van der Waals surface area contributed by atoms with Crippen molar-refractivity contribution in [2.24, 2.45) is 5.92 Å². The highest BCUT2D eigenvalue weighted by Crippen LogP contribution is 2.25. The predicted molar refractivity (Wildman–Crippen MR) is 81.9 cm³/mol. The molecule has 1 aromatic carbocycles. The number of hydrogen-bond acceptors (Lipinski definition) is 5. The first-order valence-electron chi connectivity index (χ1n) is 7.22. The number of hydrogen-bond donors (Lipinski definition) is 0. The van der Waals surface area contributed by atoms with Gasteiger partial charge in [0.25, 0.3) is 10.1 Å². The van der Waals surface area contributed by atoms with Gasteiger partial charge in [0.2, 0.25) is 5.91 Å². The van der Waals surface area contributed by atoms with Gasteiger partial charge >= 0.3 is 0 Å². The van der Waals surface area contributed by atoms with Gasteiger partial charge in [-0.1, -0.05) is 18.2 Å². The third-order valence-corrected chi connectivity index (χ3v) is 4.01. The molecule has 0 radical (unpaired) electrons. The van der Waals surface area contributed by atoms with Crippen molar-refractivity contribution < 1.29 is 22.1 Å². The smallest absolute Gasteiger partial charge is 0.264 e. The molecule has 1 atom stereocenters. The van der Waals surface area contributed by atoms with E-state index in [2.05, 4.69) is 0 Å². The lowest BCUT2D eigenvalue weighted by molar-refractivity contribution is -0.128. The number of rotatable bonds is 7. The van der Waals surface area contributed by atoms with Gasteiger partial charge in [-0.2, -0.15) is 8.42 Å². The largest absolute Gasteiger partial charge is 0.494 e. The van der Waals surface area contributed by atoms with Gasteiger partial charge in [0, 0.05) is 31.0 Å². The van der Waals surface area contributed by atoms with E-state index in [1.165, 1.54) is 0 Å². The van der Waals surface area contributed by atoms with Crippen molar-refractivity contribution >= 4 is 16.0 Å². The first kappa shape index (κ1) is 16.8. The quantitative estimate of drug-likeness (QED) is 0.708. The number of para-hydroxylation sites is 1. The summed E-state index contributed by atoms with van der Waals surface area (Å²) in [6.45, 7) is 3.49. The molecule has 1 aliphatic rings. The van der Waals surface area contributed by atoms with Gasteiger partial charge in [0.15, 0.2) is 0 Å². The Bertz CT molecular complexity index is 629. The molecule has 0 aliphatic carbocycles. The molecule has 1 aromatic rings. The van der Waals surface area contributed by atoms with Crippen LogP contribution in [-0.2, 0) is 25.6 Å². The van der Waals surface area contributed by atoms with E-state index >= 15 is 0 Å². The molecule has 1 fully saturated rings. The van der Waals surface area contributed by atoms with Crippen LogP contribution in [0.2, 0.25) is 0 Å². The summed E-state index contributed by atoms with van der Waals surface area (Å²) in [6.07, 6.45) is 1.33. The van der Waals surface area contributed by atoms with Crippen LogP contribution in [0.15, 0.2) is 24.3 Å². The van der Waals surface area contributed by atoms with Gasteiger partial charge in [-0.25, -0.2) is 0 Å². The summed E-state index contributed by atoms with van der Waals surface area (Å²) < 4.78 is 32.4. The number of likely N-dealkylation sites (tertiary alicyclic amines) is 1. The lowest BCUT2D eigenvalue weighted by Crippen LogP contribution is -2.25. The molecule has 2 rings (SSSR count). The highest BCUT2D eigenvalue weighted by Gasteiger charge is 2.30. The molecule has 1 heterocycles. The Balaban J connectivity index is 1.98. The number of ether oxygens (including phenoxy) is 1. The van der Waals surface area contributed by atoms with Crippen LogP contribution in [0.4, 0.5) is 0 Å². The Morgan fingerprint density at radius 3 is 2.73 bits per heavy atom. The summed E-state index contributed by atoms with van der Waals surface area (Å²) in [4.78, 5) is 13.8. The maximum Gasteiger partial charge on any atom is 0.264 e. The second-order valence-corrected chi connectivity index (χ2v) is 7.02. The van der Waals surface area contributed by atoms with Gasteiger partial charge in [-0.15, -0.1) is 0 Å². The zero-order chi connectivity index (χ0) is 16.2. The highest BCUT2D eigenvalue weighted by atomic mass is 32.2. The Kier molecular flexibility index (Phi) is 5.42. The molecular weight excluding hydrogens is 306 g/mol. The molecule has 1 saturated heterocycles. The van der Waals surface area contributed by atoms with Crippen LogP contribution in [0.3, 0.4) is 0 Å². The molecule has 0 bridgehead atoms. The minimum Gasteiger partial charge on any atom is -0.494 e. The summed E-state index contributed by atoms with van der Waals surface area (Å²) in [5, 5.41) is 0. The van der Waals surface area contributed by atoms with Crippen LogP contribution in [0, 0.1) is 5.92 Å². The van der Waals surface area contributed by atoms with Crippen LogP contribution in [0.5, 0.6) is 5.75 Å². The van der Waals surface area contributed by atoms with Gasteiger partial charge in [0.05, 0.1) is 19.5 Å². The van der Waals surface area contributed by atoms with Crippen molar-refractivity contribution in [2.75, 3.05) is 26.0 Å². The fourth-order valence-electron chi connectivity index (χ4n) is 2.47. The topological polar surface area (TPSA) is 72.9 Å². The number of carbonyl (C=O) groups is 1. The Morgan fingerprint density at radius 1 is 1.32 bits per heavy atom. The van der Waals surface area contributed by atoms with E-state index in [1.54, 1.807) is 4.90 Å². The molecule has 0 N–H and O–H groups in total. The third kappa shape index (κ3) is 4.71. The number of amides is 1. The van der Waals surface area contributed by atoms with E-state index in [0.29, 0.717) is 26.1 Å². The van der Waals surface area contributed by atoms with Crippen molar-refractivity contribution in [2.45, 2.75) is 19.9 Å². The monoisotopic (exact) mass is 327 g/mol. The van der Waals surface area contributed by atoms with E-state index in [-0.39, 0.29) is 18.4 Å². The minimum atomic E-state index is -3.47. The van der Waals surface area contributed by atoms with E-state index in [9.17, 15) is 13.2 Å². The van der Waals surface area contributed by atoms with Gasteiger partial charge < -0.3 is 9.64 Å². The Labute approximate surface area is 131 Å². The second kappa shape index (κ2) is 7.11. The van der Waals surface area contributed by atoms with Crippen LogP contribution < -0.4 is 4.74 Å². The minimum absolute atomic E-state index is 0.00778. The normalized spacial score (nSPS) is 18.7. The molecule has 0 aromatic heterocycles. The fourth-order valence-corrected chi connectivity index (χ4v) is 2.91. The van der Waals surface area contributed by atoms with Crippen LogP contribution in [0.25, 0.3) is 0 Å². The fraction of sp³-hybridized carbons (Fsp3) is 0.533. The Morgan fingerprint density at radius 2 is 2.05 bits per heavy atom. The molecule has 0 saturated carbocycles. The molecule has 6 nitrogen and oxygen atoms in total. The SMILES string of the molecule is CCOc1ccccc1CN1CC(COS(C)(=O)=O)CC1=O. The van der Waals surface area contributed by atoms with E-state index in [1.807, 2.05) is 31.2 Å². The van der Waals surface area contributed by atoms with E-state index in [4.69, 9.17) is 8.92 Å². The van der Waals surface area contributed by atoms with Gasteiger partial charge in [-0.3, -0.25) is 8.98 Å². The first-order chi connectivity index (χ1) is 10.4. The van der Waals surface area contributed by atoms with Crippen LogP contribution in [0.1, 0.15) is 18.9 Å². The average Bonchev–Trinajstić information content (AvgIpc) is 2.79. The van der Waals surface area contributed by atoms with Crippen molar-refractivity contribution in [3.8, 4) is 5.75 Å². The van der Waals surface area contributed by atoms with Crippen molar-refractivity contribution in [3.63, 3.8) is 0 Å². The molecule has 1 aliphatic heterocycles. The molecule has 22 heavy (non-hydrogen) atoms. The summed E-state index contributed by atoms with van der Waals surface area (Å²) in [6, 6.07) is 7.61. The zero-order valence-electron chi connectivity index (χ0n) is 12.8. The van der Waals surface area contributed by atoms with E-state index < -0.39 is 10.1 Å². The number of benzene rings is 1. The van der Waals surface area contributed by atoms with Gasteiger partial charge in [-0.05, 0) is 13.0 Å².